The number of esters is 1. The van der Waals surface area contributed by atoms with Crippen LogP contribution in [0.4, 0.5) is 5.69 Å². The van der Waals surface area contributed by atoms with Crippen LogP contribution in [0.15, 0.2) is 30.3 Å². The van der Waals surface area contributed by atoms with Crippen molar-refractivity contribution in [3.63, 3.8) is 0 Å². The smallest absolute Gasteiger partial charge is 0.338 e. The largest absolute Gasteiger partial charge is 0.486 e. The van der Waals surface area contributed by atoms with E-state index in [4.69, 9.17) is 38.4 Å². The summed E-state index contributed by atoms with van der Waals surface area (Å²) < 4.78 is 10.4. The summed E-state index contributed by atoms with van der Waals surface area (Å²) in [5.41, 5.74) is 5.14. The molecule has 2 N–H and O–H groups in total. The fourth-order valence-corrected chi connectivity index (χ4v) is 2.79. The molecule has 0 saturated heterocycles. The van der Waals surface area contributed by atoms with Crippen molar-refractivity contribution in [2.24, 2.45) is 5.73 Å². The molecule has 2 rings (SSSR count). The van der Waals surface area contributed by atoms with Crippen LogP contribution in [-0.2, 0) is 11.3 Å². The molecule has 2 aromatic rings. The molecule has 0 atom stereocenters. The molecule has 0 bridgehead atoms. The number of nitrogens with zero attached hydrogens (tertiary/aromatic N) is 1. The monoisotopic (exact) mass is 412 g/mol. The Morgan fingerprint density at radius 1 is 1.15 bits per heavy atom. The van der Waals surface area contributed by atoms with Crippen LogP contribution in [0, 0.1) is 10.1 Å². The van der Waals surface area contributed by atoms with E-state index in [1.165, 1.54) is 24.3 Å². The number of amides is 1. The molecule has 2 aromatic carbocycles. The van der Waals surface area contributed by atoms with Gasteiger partial charge in [-0.25, -0.2) is 4.79 Å². The summed E-state index contributed by atoms with van der Waals surface area (Å²) in [5, 5.41) is 11.3. The van der Waals surface area contributed by atoms with Gasteiger partial charge in [-0.2, -0.15) is 0 Å². The zero-order valence-corrected chi connectivity index (χ0v) is 15.5. The van der Waals surface area contributed by atoms with Gasteiger partial charge < -0.3 is 15.2 Å². The highest BCUT2D eigenvalue weighted by Crippen LogP contribution is 2.35. The topological polar surface area (TPSA) is 122 Å². The van der Waals surface area contributed by atoms with E-state index >= 15 is 0 Å². The quantitative estimate of drug-likeness (QED) is 0.419. The average molecular weight is 413 g/mol. The first-order valence-corrected chi connectivity index (χ1v) is 8.36. The summed E-state index contributed by atoms with van der Waals surface area (Å²) >= 11 is 12.2. The van der Waals surface area contributed by atoms with Gasteiger partial charge in [0.05, 0.1) is 32.7 Å². The Labute approximate surface area is 163 Å². The number of ether oxygens (including phenoxy) is 2. The van der Waals surface area contributed by atoms with Crippen LogP contribution in [-0.4, -0.2) is 23.4 Å². The van der Waals surface area contributed by atoms with Crippen LogP contribution in [0.5, 0.6) is 5.75 Å². The molecule has 0 radical (unpaired) electrons. The lowest BCUT2D eigenvalue weighted by Crippen LogP contribution is -2.12. The maximum absolute atomic E-state index is 11.8. The van der Waals surface area contributed by atoms with E-state index in [0.29, 0.717) is 0 Å². The van der Waals surface area contributed by atoms with Gasteiger partial charge in [-0.1, -0.05) is 23.2 Å². The van der Waals surface area contributed by atoms with Gasteiger partial charge in [-0.05, 0) is 31.2 Å². The first-order chi connectivity index (χ1) is 12.7. The van der Waals surface area contributed by atoms with E-state index < -0.39 is 16.8 Å². The van der Waals surface area contributed by atoms with E-state index in [-0.39, 0.29) is 51.4 Å². The minimum Gasteiger partial charge on any atom is -0.486 e. The molecule has 0 spiro atoms. The SMILES string of the molecule is CCOC(=O)c1cc(Cl)c(OCc2ccc(C(N)=O)cc2[N+](=O)[O-])c(Cl)c1. The van der Waals surface area contributed by atoms with Crippen molar-refractivity contribution >= 4 is 40.8 Å². The van der Waals surface area contributed by atoms with Gasteiger partial charge in [0.25, 0.3) is 5.69 Å². The number of nitro groups is 1. The normalized spacial score (nSPS) is 10.3. The Morgan fingerprint density at radius 3 is 2.30 bits per heavy atom. The second-order valence-electron chi connectivity index (χ2n) is 5.24. The zero-order chi connectivity index (χ0) is 20.1. The van der Waals surface area contributed by atoms with Gasteiger partial charge >= 0.3 is 5.97 Å². The van der Waals surface area contributed by atoms with Gasteiger partial charge in [0, 0.05) is 11.6 Å². The lowest BCUT2D eigenvalue weighted by atomic mass is 10.1. The van der Waals surface area contributed by atoms with Gasteiger partial charge in [-0.3, -0.25) is 14.9 Å². The van der Waals surface area contributed by atoms with Crippen LogP contribution < -0.4 is 10.5 Å². The lowest BCUT2D eigenvalue weighted by Gasteiger charge is -2.12. The van der Waals surface area contributed by atoms with Crippen molar-refractivity contribution in [1.29, 1.82) is 0 Å². The van der Waals surface area contributed by atoms with Crippen LogP contribution >= 0.6 is 23.2 Å². The third kappa shape index (κ3) is 4.87. The number of primary amides is 1. The van der Waals surface area contributed by atoms with Crippen molar-refractivity contribution in [3.05, 3.63) is 67.2 Å². The first kappa shape index (κ1) is 20.5. The molecule has 1 amide bonds. The predicted octanol–water partition coefficient (Wildman–Crippen LogP) is 3.76. The molecule has 0 aliphatic rings. The van der Waals surface area contributed by atoms with Crippen molar-refractivity contribution in [2.75, 3.05) is 6.61 Å². The second kappa shape index (κ2) is 8.70. The number of carbonyl (C=O) groups is 2. The summed E-state index contributed by atoms with van der Waals surface area (Å²) in [4.78, 5) is 33.5. The van der Waals surface area contributed by atoms with Gasteiger partial charge in [0.2, 0.25) is 5.91 Å². The molecule has 0 aliphatic heterocycles. The van der Waals surface area contributed by atoms with Gasteiger partial charge in [-0.15, -0.1) is 0 Å². The highest BCUT2D eigenvalue weighted by Gasteiger charge is 2.19. The molecule has 8 nitrogen and oxygen atoms in total. The number of nitro benzene ring substituents is 1. The molecule has 0 heterocycles. The molecule has 0 fully saturated rings. The van der Waals surface area contributed by atoms with Crippen LogP contribution in [0.2, 0.25) is 10.0 Å². The summed E-state index contributed by atoms with van der Waals surface area (Å²) in [6, 6.07) is 6.42. The highest BCUT2D eigenvalue weighted by molar-refractivity contribution is 6.37. The van der Waals surface area contributed by atoms with Crippen molar-refractivity contribution < 1.29 is 24.0 Å². The van der Waals surface area contributed by atoms with Crippen LogP contribution in [0.25, 0.3) is 0 Å². The number of rotatable bonds is 7. The zero-order valence-electron chi connectivity index (χ0n) is 14.0. The van der Waals surface area contributed by atoms with Crippen LogP contribution in [0.3, 0.4) is 0 Å². The second-order valence-corrected chi connectivity index (χ2v) is 6.06. The summed E-state index contributed by atoms with van der Waals surface area (Å²) in [5.74, 6) is -1.32. The van der Waals surface area contributed by atoms with Gasteiger partial charge in [0.1, 0.15) is 6.61 Å². The molecular formula is C17H14Cl2N2O6. The fourth-order valence-electron chi connectivity index (χ4n) is 2.19. The lowest BCUT2D eigenvalue weighted by molar-refractivity contribution is -0.385. The number of nitrogens with two attached hydrogens (primary N) is 1. The summed E-state index contributed by atoms with van der Waals surface area (Å²) in [6.45, 7) is 1.61. The molecule has 27 heavy (non-hydrogen) atoms. The number of halogens is 2. The van der Waals surface area contributed by atoms with E-state index in [9.17, 15) is 19.7 Å². The minimum absolute atomic E-state index is 0.000282. The van der Waals surface area contributed by atoms with Crippen molar-refractivity contribution in [1.82, 2.24) is 0 Å². The number of hydrogen-bond donors (Lipinski definition) is 1. The van der Waals surface area contributed by atoms with E-state index in [2.05, 4.69) is 0 Å². The Bertz CT molecular complexity index is 893. The third-order valence-electron chi connectivity index (χ3n) is 3.45. The third-order valence-corrected chi connectivity index (χ3v) is 4.01. The predicted molar refractivity (Wildman–Crippen MR) is 98.4 cm³/mol. The van der Waals surface area contributed by atoms with E-state index in [1.54, 1.807) is 6.92 Å². The van der Waals surface area contributed by atoms with Gasteiger partial charge in [0.15, 0.2) is 5.75 Å². The van der Waals surface area contributed by atoms with Crippen LogP contribution in [0.1, 0.15) is 33.2 Å². The van der Waals surface area contributed by atoms with E-state index in [1.807, 2.05) is 0 Å². The Kier molecular flexibility index (Phi) is 6.59. The number of benzene rings is 2. The van der Waals surface area contributed by atoms with E-state index in [0.717, 1.165) is 6.07 Å². The molecule has 10 heteroatoms. The van der Waals surface area contributed by atoms with Crippen molar-refractivity contribution in [2.45, 2.75) is 13.5 Å². The standard InChI is InChI=1S/C17H14Cl2N2O6/c1-2-26-17(23)11-5-12(18)15(13(19)6-11)27-8-10-4-3-9(16(20)22)7-14(10)21(24)25/h3-7H,2,8H2,1H3,(H2,20,22). The molecule has 0 aliphatic carbocycles. The maximum atomic E-state index is 11.8. The highest BCUT2D eigenvalue weighted by atomic mass is 35.5. The summed E-state index contributed by atoms with van der Waals surface area (Å²) in [7, 11) is 0. The maximum Gasteiger partial charge on any atom is 0.338 e. The molecule has 142 valence electrons. The minimum atomic E-state index is -0.786. The fraction of sp³-hybridized carbons (Fsp3) is 0.176. The Hall–Kier alpha value is -2.84. The molecular weight excluding hydrogens is 399 g/mol. The average Bonchev–Trinajstić information content (AvgIpc) is 2.60. The summed E-state index contributed by atoms with van der Waals surface area (Å²) in [6.07, 6.45) is 0. The Morgan fingerprint density at radius 2 is 1.78 bits per heavy atom. The van der Waals surface area contributed by atoms with Crippen molar-refractivity contribution in [3.8, 4) is 5.75 Å². The molecule has 0 saturated carbocycles. The number of hydrogen-bond acceptors (Lipinski definition) is 6. The number of carbonyl (C=O) groups excluding carboxylic acids is 2. The first-order valence-electron chi connectivity index (χ1n) is 7.60. The Balaban J connectivity index is 2.28. The molecule has 0 unspecified atom stereocenters. The molecule has 0 aromatic heterocycles.